The number of halogens is 3. The summed E-state index contributed by atoms with van der Waals surface area (Å²) in [4.78, 5) is 16.7. The zero-order valence-corrected chi connectivity index (χ0v) is 16.7. The van der Waals surface area contributed by atoms with Gasteiger partial charge in [0, 0.05) is 5.41 Å². The average Bonchev–Trinajstić information content (AvgIpc) is 2.96. The van der Waals surface area contributed by atoms with E-state index in [1.54, 1.807) is 0 Å². The molecule has 0 N–H and O–H groups in total. The minimum Gasteiger partial charge on any atom is -0.314 e. The van der Waals surface area contributed by atoms with Crippen LogP contribution in [-0.4, -0.2) is 21.1 Å². The molecule has 0 amide bonds. The summed E-state index contributed by atoms with van der Waals surface area (Å²) in [6.07, 6.45) is -4.42. The zero-order chi connectivity index (χ0) is 20.5. The third-order valence-corrected chi connectivity index (χ3v) is 5.37. The maximum atomic E-state index is 13.1. The van der Waals surface area contributed by atoms with Crippen LogP contribution in [0.1, 0.15) is 31.9 Å². The lowest BCUT2D eigenvalue weighted by molar-refractivity contribution is -0.137. The van der Waals surface area contributed by atoms with Gasteiger partial charge < -0.3 is 4.57 Å². The summed E-state index contributed by atoms with van der Waals surface area (Å²) in [6.45, 7) is 6.00. The van der Waals surface area contributed by atoms with Gasteiger partial charge >= 0.3 is 6.18 Å². The lowest BCUT2D eigenvalue weighted by atomic mass is 9.92. The molecule has 148 valence electrons. The van der Waals surface area contributed by atoms with Crippen molar-refractivity contribution in [3.05, 3.63) is 59.7 Å². The van der Waals surface area contributed by atoms with Gasteiger partial charge in [0.2, 0.25) is 0 Å². The van der Waals surface area contributed by atoms with Crippen LogP contribution in [0.25, 0.3) is 11.0 Å². The van der Waals surface area contributed by atoms with Gasteiger partial charge in [-0.15, -0.1) is 0 Å². The number of ketones is 1. The van der Waals surface area contributed by atoms with Gasteiger partial charge in [-0.1, -0.05) is 62.9 Å². The highest BCUT2D eigenvalue weighted by molar-refractivity contribution is 7.99. The van der Waals surface area contributed by atoms with E-state index in [4.69, 9.17) is 0 Å². The molecule has 3 rings (SSSR count). The van der Waals surface area contributed by atoms with Crippen molar-refractivity contribution in [2.45, 2.75) is 38.6 Å². The number of carbonyl (C=O) groups is 1. The average molecular weight is 406 g/mol. The van der Waals surface area contributed by atoms with Crippen LogP contribution < -0.4 is 0 Å². The fourth-order valence-corrected chi connectivity index (χ4v) is 3.83. The summed E-state index contributed by atoms with van der Waals surface area (Å²) in [5.41, 5.74) is 0.684. The minimum atomic E-state index is -4.42. The van der Waals surface area contributed by atoms with Gasteiger partial charge in [0.1, 0.15) is 5.78 Å². The van der Waals surface area contributed by atoms with Crippen molar-refractivity contribution < 1.29 is 18.0 Å². The van der Waals surface area contributed by atoms with Crippen molar-refractivity contribution in [3.63, 3.8) is 0 Å². The first-order valence-electron chi connectivity index (χ1n) is 8.83. The van der Waals surface area contributed by atoms with E-state index in [9.17, 15) is 18.0 Å². The van der Waals surface area contributed by atoms with E-state index in [-0.39, 0.29) is 17.1 Å². The molecule has 3 nitrogen and oxygen atoms in total. The van der Waals surface area contributed by atoms with E-state index in [0.717, 1.165) is 17.7 Å². The summed E-state index contributed by atoms with van der Waals surface area (Å²) >= 11 is 1.26. The Balaban J connectivity index is 2.01. The van der Waals surface area contributed by atoms with Crippen LogP contribution in [-0.2, 0) is 17.5 Å². The second-order valence-electron chi connectivity index (χ2n) is 7.63. The lowest BCUT2D eigenvalue weighted by Crippen LogP contribution is -2.22. The number of rotatable bonds is 5. The van der Waals surface area contributed by atoms with E-state index in [1.165, 1.54) is 17.8 Å². The molecule has 0 saturated heterocycles. The molecule has 0 unspecified atom stereocenters. The maximum Gasteiger partial charge on any atom is 0.416 e. The molecule has 1 heterocycles. The largest absolute Gasteiger partial charge is 0.416 e. The predicted octanol–water partition coefficient (Wildman–Crippen LogP) is 5.81. The van der Waals surface area contributed by atoms with E-state index in [1.807, 2.05) is 55.7 Å². The van der Waals surface area contributed by atoms with Crippen LogP contribution in [0.3, 0.4) is 0 Å². The second kappa shape index (κ2) is 7.62. The molecule has 7 heteroatoms. The number of carbonyl (C=O) groups excluding carboxylic acids is 1. The number of nitrogens with zero attached hydrogens (tertiary/aromatic N) is 2. The highest BCUT2D eigenvalue weighted by Crippen LogP contribution is 2.33. The third kappa shape index (κ3) is 4.58. The van der Waals surface area contributed by atoms with Gasteiger partial charge in [-0.25, -0.2) is 4.98 Å². The van der Waals surface area contributed by atoms with Gasteiger partial charge in [-0.2, -0.15) is 13.2 Å². The summed E-state index contributed by atoms with van der Waals surface area (Å²) in [5, 5.41) is 0.538. The molecule has 0 aliphatic heterocycles. The van der Waals surface area contributed by atoms with E-state index in [0.29, 0.717) is 17.2 Å². The Hall–Kier alpha value is -2.28. The number of Topliss-reactive ketones (excluding diaryl/α,β-unsaturated/α-hetero) is 1. The van der Waals surface area contributed by atoms with Gasteiger partial charge in [0.15, 0.2) is 5.16 Å². The van der Waals surface area contributed by atoms with Crippen molar-refractivity contribution in [1.29, 1.82) is 0 Å². The molecule has 0 atom stereocenters. The van der Waals surface area contributed by atoms with Crippen LogP contribution in [0.15, 0.2) is 53.7 Å². The molecule has 0 radical (unpaired) electrons. The first-order chi connectivity index (χ1) is 13.1. The molecule has 3 aromatic rings. The molecule has 0 fully saturated rings. The Bertz CT molecular complexity index is 989. The quantitative estimate of drug-likeness (QED) is 0.502. The maximum absolute atomic E-state index is 13.1. The third-order valence-electron chi connectivity index (χ3n) is 4.39. The Labute approximate surface area is 166 Å². The normalized spacial score (nSPS) is 12.5. The second-order valence-corrected chi connectivity index (χ2v) is 8.57. The molecule has 0 bridgehead atoms. The Morgan fingerprint density at radius 3 is 2.36 bits per heavy atom. The molecule has 1 aromatic heterocycles. The number of thioether (sulfide) groups is 1. The van der Waals surface area contributed by atoms with E-state index >= 15 is 0 Å². The molecule has 0 saturated carbocycles. The Morgan fingerprint density at radius 1 is 1.07 bits per heavy atom. The number of benzene rings is 2. The summed E-state index contributed by atoms with van der Waals surface area (Å²) in [6, 6.07) is 13.2. The van der Waals surface area contributed by atoms with Crippen LogP contribution in [0.4, 0.5) is 13.2 Å². The summed E-state index contributed by atoms with van der Waals surface area (Å²) < 4.78 is 41.1. The van der Waals surface area contributed by atoms with Crippen molar-refractivity contribution in [2.75, 3.05) is 5.75 Å². The molecule has 0 aliphatic rings. The van der Waals surface area contributed by atoms with Gasteiger partial charge in [-0.05, 0) is 23.8 Å². The van der Waals surface area contributed by atoms with Crippen LogP contribution in [0.5, 0.6) is 0 Å². The molecule has 0 spiro atoms. The Kier molecular flexibility index (Phi) is 5.57. The van der Waals surface area contributed by atoms with Crippen LogP contribution in [0.2, 0.25) is 0 Å². The highest BCUT2D eigenvalue weighted by Gasteiger charge is 2.31. The fraction of sp³-hybridized carbons (Fsp3) is 0.333. The molecule has 2 aromatic carbocycles. The smallest absolute Gasteiger partial charge is 0.314 e. The van der Waals surface area contributed by atoms with E-state index in [2.05, 4.69) is 4.98 Å². The highest BCUT2D eigenvalue weighted by atomic mass is 32.2. The minimum absolute atomic E-state index is 0.0618. The standard InChI is InChI=1S/C21H21F3N2OS/c1-20(2,3)18(27)13-28-19-25-16-11-15(21(22,23)24)9-10-17(16)26(19)12-14-7-5-4-6-8-14/h4-11H,12-13H2,1-3H3. The number of imidazole rings is 1. The molecular weight excluding hydrogens is 385 g/mol. The first kappa shape index (κ1) is 20.5. The fourth-order valence-electron chi connectivity index (χ4n) is 2.66. The van der Waals surface area contributed by atoms with Crippen molar-refractivity contribution >= 4 is 28.6 Å². The predicted molar refractivity (Wildman–Crippen MR) is 105 cm³/mol. The van der Waals surface area contributed by atoms with Crippen LogP contribution >= 0.6 is 11.8 Å². The summed E-state index contributed by atoms with van der Waals surface area (Å²) in [7, 11) is 0. The zero-order valence-electron chi connectivity index (χ0n) is 15.9. The summed E-state index contributed by atoms with van der Waals surface area (Å²) in [5.74, 6) is 0.278. The van der Waals surface area contributed by atoms with Crippen molar-refractivity contribution in [1.82, 2.24) is 9.55 Å². The molecule has 0 aliphatic carbocycles. The van der Waals surface area contributed by atoms with Gasteiger partial charge in [-0.3, -0.25) is 4.79 Å². The number of aromatic nitrogens is 2. The number of hydrogen-bond donors (Lipinski definition) is 0. The lowest BCUT2D eigenvalue weighted by Gasteiger charge is -2.16. The SMILES string of the molecule is CC(C)(C)C(=O)CSc1nc2cc(C(F)(F)F)ccc2n1Cc1ccccc1. The number of hydrogen-bond acceptors (Lipinski definition) is 3. The first-order valence-corrected chi connectivity index (χ1v) is 9.82. The topological polar surface area (TPSA) is 34.9 Å². The van der Waals surface area contributed by atoms with Gasteiger partial charge in [0.05, 0.1) is 28.9 Å². The number of fused-ring (bicyclic) bond motifs is 1. The monoisotopic (exact) mass is 406 g/mol. The van der Waals surface area contributed by atoms with E-state index < -0.39 is 17.2 Å². The van der Waals surface area contributed by atoms with Crippen molar-refractivity contribution in [3.8, 4) is 0 Å². The molecule has 28 heavy (non-hydrogen) atoms. The van der Waals surface area contributed by atoms with Gasteiger partial charge in [0.25, 0.3) is 0 Å². The Morgan fingerprint density at radius 2 is 1.75 bits per heavy atom. The van der Waals surface area contributed by atoms with Crippen molar-refractivity contribution in [2.24, 2.45) is 5.41 Å². The van der Waals surface area contributed by atoms with Crippen LogP contribution in [0, 0.1) is 5.41 Å². The number of alkyl halides is 3. The molecular formula is C21H21F3N2OS.